The zero-order valence-corrected chi connectivity index (χ0v) is 23.1. The molecule has 0 aliphatic rings. The lowest BCUT2D eigenvalue weighted by atomic mass is 9.96. The van der Waals surface area contributed by atoms with Crippen LogP contribution in [0.5, 0.6) is 0 Å². The first-order valence-corrected chi connectivity index (χ1v) is 12.7. The zero-order chi connectivity index (χ0) is 28.7. The molecule has 0 aliphatic heterocycles. The second kappa shape index (κ2) is 12.4. The topological polar surface area (TPSA) is 118 Å². The lowest BCUT2D eigenvalue weighted by molar-refractivity contribution is -0.127. The van der Waals surface area contributed by atoms with Gasteiger partial charge in [-0.05, 0) is 74.2 Å². The van der Waals surface area contributed by atoms with Crippen LogP contribution in [0, 0.1) is 0 Å². The monoisotopic (exact) mass is 533 g/mol. The highest BCUT2D eigenvalue weighted by molar-refractivity contribution is 6.04. The average Bonchev–Trinajstić information content (AvgIpc) is 3.44. The molecule has 1 aromatic heterocycles. The number of amides is 3. The summed E-state index contributed by atoms with van der Waals surface area (Å²) in [6.45, 7) is 9.29. The van der Waals surface area contributed by atoms with Crippen LogP contribution in [0.3, 0.4) is 0 Å². The van der Waals surface area contributed by atoms with Gasteiger partial charge in [-0.3, -0.25) is 19.3 Å². The van der Waals surface area contributed by atoms with E-state index in [2.05, 4.69) is 24.5 Å². The van der Waals surface area contributed by atoms with E-state index in [0.717, 1.165) is 5.56 Å². The molecule has 2 aromatic carbocycles. The summed E-state index contributed by atoms with van der Waals surface area (Å²) in [6, 6.07) is 15.7. The number of anilines is 1. The van der Waals surface area contributed by atoms with Gasteiger partial charge in [-0.25, -0.2) is 4.79 Å². The molecule has 3 aromatic rings. The fraction of sp³-hybridized carbons (Fsp3) is 0.333. The SMILES string of the molecule is COC(=O)c1ccc(N(C(=O)CNC(=O)c2ccco2)C(C(=O)NC(C)(C)C)c2ccc(C(C)C)cc2)cc1. The molecule has 0 spiro atoms. The molecule has 9 nitrogen and oxygen atoms in total. The van der Waals surface area contributed by atoms with Crippen molar-refractivity contribution in [1.29, 1.82) is 0 Å². The number of nitrogens with zero attached hydrogens (tertiary/aromatic N) is 1. The van der Waals surface area contributed by atoms with Crippen LogP contribution < -0.4 is 15.5 Å². The summed E-state index contributed by atoms with van der Waals surface area (Å²) in [7, 11) is 1.28. The molecule has 1 unspecified atom stereocenters. The Morgan fingerprint density at radius 3 is 2.05 bits per heavy atom. The molecule has 206 valence electrons. The van der Waals surface area contributed by atoms with E-state index in [4.69, 9.17) is 9.15 Å². The summed E-state index contributed by atoms with van der Waals surface area (Å²) in [5.41, 5.74) is 1.74. The Kier molecular flexibility index (Phi) is 9.29. The van der Waals surface area contributed by atoms with E-state index in [0.29, 0.717) is 11.3 Å². The van der Waals surface area contributed by atoms with Gasteiger partial charge in [0.1, 0.15) is 6.04 Å². The summed E-state index contributed by atoms with van der Waals surface area (Å²) in [5, 5.41) is 5.54. The van der Waals surface area contributed by atoms with E-state index in [1.807, 2.05) is 45.0 Å². The van der Waals surface area contributed by atoms with Crippen LogP contribution in [0.1, 0.15) is 78.6 Å². The number of ether oxygens (including phenoxy) is 1. The number of furan rings is 1. The first-order chi connectivity index (χ1) is 18.4. The van der Waals surface area contributed by atoms with Gasteiger partial charge < -0.3 is 19.8 Å². The van der Waals surface area contributed by atoms with Crippen molar-refractivity contribution in [1.82, 2.24) is 10.6 Å². The lowest BCUT2D eigenvalue weighted by Gasteiger charge is -2.34. The van der Waals surface area contributed by atoms with E-state index in [1.165, 1.54) is 36.5 Å². The molecule has 3 amide bonds. The van der Waals surface area contributed by atoms with Gasteiger partial charge in [0.25, 0.3) is 5.91 Å². The van der Waals surface area contributed by atoms with Crippen molar-refractivity contribution in [3.05, 3.63) is 89.4 Å². The molecule has 39 heavy (non-hydrogen) atoms. The van der Waals surface area contributed by atoms with Crippen LogP contribution in [-0.4, -0.2) is 42.9 Å². The Labute approximate surface area is 228 Å². The molecule has 1 atom stereocenters. The molecule has 2 N–H and O–H groups in total. The van der Waals surface area contributed by atoms with Crippen molar-refractivity contribution in [3.8, 4) is 0 Å². The minimum absolute atomic E-state index is 0.0584. The zero-order valence-electron chi connectivity index (χ0n) is 23.1. The van der Waals surface area contributed by atoms with Crippen molar-refractivity contribution in [2.75, 3.05) is 18.6 Å². The van der Waals surface area contributed by atoms with Crippen LogP contribution in [0.15, 0.2) is 71.3 Å². The summed E-state index contributed by atoms with van der Waals surface area (Å²) in [5.74, 6) is -1.70. The molecule has 0 aliphatic carbocycles. The Hall–Kier alpha value is -4.40. The van der Waals surface area contributed by atoms with Crippen LogP contribution in [0.25, 0.3) is 0 Å². The number of hydrogen-bond donors (Lipinski definition) is 2. The van der Waals surface area contributed by atoms with Gasteiger partial charge in [0, 0.05) is 11.2 Å². The van der Waals surface area contributed by atoms with E-state index >= 15 is 0 Å². The molecule has 0 fully saturated rings. The number of nitrogens with one attached hydrogen (secondary N) is 2. The van der Waals surface area contributed by atoms with E-state index in [9.17, 15) is 19.2 Å². The maximum Gasteiger partial charge on any atom is 0.337 e. The first-order valence-electron chi connectivity index (χ1n) is 12.7. The van der Waals surface area contributed by atoms with Crippen molar-refractivity contribution >= 4 is 29.4 Å². The predicted molar refractivity (Wildman–Crippen MR) is 147 cm³/mol. The van der Waals surface area contributed by atoms with Crippen molar-refractivity contribution in [2.45, 2.75) is 52.1 Å². The standard InChI is InChI=1S/C30H35N3O6/c1-19(2)20-9-11-21(12-10-20)26(28(36)32-30(3,4)5)33(23-15-13-22(14-16-23)29(37)38-6)25(34)18-31-27(35)24-8-7-17-39-24/h7-17,19,26H,18H2,1-6H3,(H,31,35)(H,32,36). The Morgan fingerprint density at radius 2 is 1.54 bits per heavy atom. The molecule has 3 rings (SSSR count). The maximum atomic E-state index is 13.8. The molecular weight excluding hydrogens is 498 g/mol. The number of rotatable bonds is 9. The second-order valence-electron chi connectivity index (χ2n) is 10.4. The quantitative estimate of drug-likeness (QED) is 0.388. The third-order valence-corrected chi connectivity index (χ3v) is 5.90. The van der Waals surface area contributed by atoms with E-state index in [-0.39, 0.29) is 17.2 Å². The Balaban J connectivity index is 2.07. The highest BCUT2D eigenvalue weighted by Gasteiger charge is 2.34. The van der Waals surface area contributed by atoms with Gasteiger partial charge in [0.05, 0.1) is 25.5 Å². The molecule has 0 saturated carbocycles. The fourth-order valence-electron chi connectivity index (χ4n) is 3.97. The van der Waals surface area contributed by atoms with E-state index in [1.54, 1.807) is 18.2 Å². The van der Waals surface area contributed by atoms with Crippen LogP contribution in [0.2, 0.25) is 0 Å². The summed E-state index contributed by atoms with van der Waals surface area (Å²) < 4.78 is 9.90. The third-order valence-electron chi connectivity index (χ3n) is 5.90. The van der Waals surface area contributed by atoms with Crippen molar-refractivity contribution < 1.29 is 28.3 Å². The Morgan fingerprint density at radius 1 is 0.923 bits per heavy atom. The number of carbonyl (C=O) groups excluding carboxylic acids is 4. The van der Waals surface area contributed by atoms with Gasteiger partial charge in [-0.1, -0.05) is 38.1 Å². The normalized spacial score (nSPS) is 12.0. The fourth-order valence-corrected chi connectivity index (χ4v) is 3.97. The largest absolute Gasteiger partial charge is 0.465 e. The number of esters is 1. The summed E-state index contributed by atoms with van der Waals surface area (Å²) in [6.07, 6.45) is 1.36. The van der Waals surface area contributed by atoms with Crippen molar-refractivity contribution in [2.24, 2.45) is 0 Å². The van der Waals surface area contributed by atoms with E-state index < -0.39 is 41.8 Å². The number of carbonyl (C=O) groups is 4. The van der Waals surface area contributed by atoms with Gasteiger partial charge in [0.15, 0.2) is 5.76 Å². The van der Waals surface area contributed by atoms with Crippen LogP contribution in [0.4, 0.5) is 5.69 Å². The van der Waals surface area contributed by atoms with Crippen molar-refractivity contribution in [3.63, 3.8) is 0 Å². The van der Waals surface area contributed by atoms with Gasteiger partial charge in [0.2, 0.25) is 11.8 Å². The molecule has 1 heterocycles. The lowest BCUT2D eigenvalue weighted by Crippen LogP contribution is -2.51. The summed E-state index contributed by atoms with van der Waals surface area (Å²) >= 11 is 0. The number of hydrogen-bond acceptors (Lipinski definition) is 6. The van der Waals surface area contributed by atoms with Gasteiger partial charge >= 0.3 is 5.97 Å². The maximum absolute atomic E-state index is 13.8. The van der Waals surface area contributed by atoms with Crippen LogP contribution >= 0.6 is 0 Å². The minimum atomic E-state index is -1.07. The summed E-state index contributed by atoms with van der Waals surface area (Å²) in [4.78, 5) is 53.3. The van der Waals surface area contributed by atoms with Crippen LogP contribution in [-0.2, 0) is 14.3 Å². The number of benzene rings is 2. The Bertz CT molecular complexity index is 1290. The second-order valence-corrected chi connectivity index (χ2v) is 10.4. The molecule has 0 radical (unpaired) electrons. The molecule has 0 bridgehead atoms. The average molecular weight is 534 g/mol. The number of methoxy groups -OCH3 is 1. The smallest absolute Gasteiger partial charge is 0.337 e. The highest BCUT2D eigenvalue weighted by Crippen LogP contribution is 2.30. The van der Waals surface area contributed by atoms with Gasteiger partial charge in [-0.15, -0.1) is 0 Å². The van der Waals surface area contributed by atoms with Gasteiger partial charge in [-0.2, -0.15) is 0 Å². The third kappa shape index (κ3) is 7.56. The predicted octanol–water partition coefficient (Wildman–Crippen LogP) is 4.61. The highest BCUT2D eigenvalue weighted by atomic mass is 16.5. The molecular formula is C30H35N3O6. The minimum Gasteiger partial charge on any atom is -0.465 e. The first kappa shape index (κ1) is 29.2. The molecule has 0 saturated heterocycles. The molecule has 9 heteroatoms.